The SMILES string of the molecule is CC[C@@H]1O[C@]23CCCC[C@@H]2C(C#N)(C#N)[C@@]1(C#N)C(=N)O3. The molecule has 2 bridgehead atoms. The predicted octanol–water partition coefficient (Wildman–Crippen LogP) is 2.23. The molecule has 4 aliphatic rings. The lowest BCUT2D eigenvalue weighted by molar-refractivity contribution is -0.357. The van der Waals surface area contributed by atoms with Crippen molar-refractivity contribution < 1.29 is 9.47 Å². The second kappa shape index (κ2) is 4.20. The molecule has 3 saturated heterocycles. The van der Waals surface area contributed by atoms with Gasteiger partial charge in [-0.25, -0.2) is 0 Å². The molecule has 1 spiro atoms. The van der Waals surface area contributed by atoms with E-state index >= 15 is 0 Å². The Morgan fingerprint density at radius 1 is 1.24 bits per heavy atom. The predicted molar refractivity (Wildman–Crippen MR) is 70.4 cm³/mol. The van der Waals surface area contributed by atoms with Gasteiger partial charge in [-0.05, 0) is 19.3 Å². The monoisotopic (exact) mass is 284 g/mol. The van der Waals surface area contributed by atoms with E-state index in [1.807, 2.05) is 6.92 Å². The quantitative estimate of drug-likeness (QED) is 0.793. The molecule has 3 aliphatic heterocycles. The van der Waals surface area contributed by atoms with E-state index < -0.39 is 28.6 Å². The van der Waals surface area contributed by atoms with Crippen LogP contribution in [0, 0.1) is 56.2 Å². The number of nitrogens with one attached hydrogen (secondary N) is 1. The van der Waals surface area contributed by atoms with Crippen molar-refractivity contribution in [3.8, 4) is 18.2 Å². The van der Waals surface area contributed by atoms with Crippen molar-refractivity contribution in [2.45, 2.75) is 50.9 Å². The molecule has 0 radical (unpaired) electrons. The van der Waals surface area contributed by atoms with Crippen LogP contribution in [0.1, 0.15) is 39.0 Å². The van der Waals surface area contributed by atoms with Crippen LogP contribution in [0.25, 0.3) is 0 Å². The van der Waals surface area contributed by atoms with Crippen molar-refractivity contribution in [1.29, 1.82) is 21.2 Å². The second-order valence-corrected chi connectivity index (χ2v) is 6.01. The number of fused-ring (bicyclic) bond motifs is 2. The molecule has 1 aliphatic carbocycles. The number of rotatable bonds is 1. The third kappa shape index (κ3) is 1.26. The molecule has 4 rings (SSSR count). The van der Waals surface area contributed by atoms with Gasteiger partial charge in [-0.15, -0.1) is 0 Å². The molecule has 3 heterocycles. The summed E-state index contributed by atoms with van der Waals surface area (Å²) in [4.78, 5) is 0. The largest absolute Gasteiger partial charge is 0.447 e. The molecule has 6 nitrogen and oxygen atoms in total. The highest BCUT2D eigenvalue weighted by Gasteiger charge is 2.79. The summed E-state index contributed by atoms with van der Waals surface area (Å²) >= 11 is 0. The molecule has 1 saturated carbocycles. The third-order valence-corrected chi connectivity index (χ3v) is 5.30. The van der Waals surface area contributed by atoms with Gasteiger partial charge in [0.2, 0.25) is 11.7 Å². The summed E-state index contributed by atoms with van der Waals surface area (Å²) in [7, 11) is 0. The number of hydrogen-bond donors (Lipinski definition) is 1. The Kier molecular flexibility index (Phi) is 2.77. The normalized spacial score (nSPS) is 42.9. The zero-order valence-electron chi connectivity index (χ0n) is 11.8. The summed E-state index contributed by atoms with van der Waals surface area (Å²) in [6.07, 6.45) is 2.70. The lowest BCUT2D eigenvalue weighted by Crippen LogP contribution is -2.75. The molecule has 21 heavy (non-hydrogen) atoms. The van der Waals surface area contributed by atoms with Gasteiger partial charge in [0.25, 0.3) is 0 Å². The zero-order chi connectivity index (χ0) is 15.3. The van der Waals surface area contributed by atoms with Crippen molar-refractivity contribution in [2.75, 3.05) is 0 Å². The van der Waals surface area contributed by atoms with Gasteiger partial charge < -0.3 is 9.47 Å². The molecule has 0 amide bonds. The average Bonchev–Trinajstić information content (AvgIpc) is 2.52. The van der Waals surface area contributed by atoms with E-state index in [2.05, 4.69) is 18.2 Å². The van der Waals surface area contributed by atoms with Crippen LogP contribution in [0.4, 0.5) is 0 Å². The van der Waals surface area contributed by atoms with Crippen LogP contribution >= 0.6 is 0 Å². The molecule has 6 heteroatoms. The molecule has 4 atom stereocenters. The molecule has 0 aromatic heterocycles. The molecule has 0 aromatic rings. The third-order valence-electron chi connectivity index (χ3n) is 5.30. The van der Waals surface area contributed by atoms with Gasteiger partial charge in [-0.3, -0.25) is 5.41 Å². The lowest BCUT2D eigenvalue weighted by atomic mass is 9.48. The van der Waals surface area contributed by atoms with Crippen molar-refractivity contribution >= 4 is 5.90 Å². The van der Waals surface area contributed by atoms with Crippen molar-refractivity contribution in [1.82, 2.24) is 0 Å². The van der Waals surface area contributed by atoms with E-state index in [1.54, 1.807) is 0 Å². The highest BCUT2D eigenvalue weighted by molar-refractivity contribution is 5.88. The molecule has 4 fully saturated rings. The van der Waals surface area contributed by atoms with E-state index in [0.717, 1.165) is 12.8 Å². The fourth-order valence-electron chi connectivity index (χ4n) is 4.34. The summed E-state index contributed by atoms with van der Waals surface area (Å²) in [5, 5.41) is 37.6. The number of nitrogens with zero attached hydrogens (tertiary/aromatic N) is 3. The van der Waals surface area contributed by atoms with Gasteiger partial charge >= 0.3 is 0 Å². The van der Waals surface area contributed by atoms with Gasteiger partial charge in [-0.1, -0.05) is 13.3 Å². The standard InChI is InChI=1S/C15H16N4O2/c1-2-11-14(9-18)12(19)21-15(20-11)6-4-3-5-10(15)13(14,7-16)8-17/h10-11,19H,2-6H2,1H3/t10-,11+,14-,15+/m1/s1. The van der Waals surface area contributed by atoms with Gasteiger partial charge in [0, 0.05) is 6.42 Å². The Hall–Kier alpha value is -2.10. The molecule has 1 N–H and O–H groups in total. The molecular formula is C15H16N4O2. The lowest BCUT2D eigenvalue weighted by Gasteiger charge is -2.63. The maximum atomic E-state index is 9.80. The summed E-state index contributed by atoms with van der Waals surface area (Å²) in [5.41, 5.74) is -3.20. The van der Waals surface area contributed by atoms with E-state index in [1.165, 1.54) is 0 Å². The summed E-state index contributed by atoms with van der Waals surface area (Å²) in [5.74, 6) is -1.84. The molecule has 0 unspecified atom stereocenters. The van der Waals surface area contributed by atoms with Crippen LogP contribution in [0.2, 0.25) is 0 Å². The zero-order valence-corrected chi connectivity index (χ0v) is 11.8. The summed E-state index contributed by atoms with van der Waals surface area (Å²) < 4.78 is 11.8. The van der Waals surface area contributed by atoms with Crippen molar-refractivity contribution in [2.24, 2.45) is 16.7 Å². The first kappa shape index (κ1) is 13.9. The highest BCUT2D eigenvalue weighted by Crippen LogP contribution is 2.66. The Balaban J connectivity index is 2.31. The van der Waals surface area contributed by atoms with Gasteiger partial charge in [0.05, 0.1) is 30.2 Å². The number of hydrogen-bond acceptors (Lipinski definition) is 6. The van der Waals surface area contributed by atoms with Crippen molar-refractivity contribution in [3.63, 3.8) is 0 Å². The fourth-order valence-corrected chi connectivity index (χ4v) is 4.34. The van der Waals surface area contributed by atoms with Crippen LogP contribution in [0.3, 0.4) is 0 Å². The van der Waals surface area contributed by atoms with E-state index in [9.17, 15) is 15.8 Å². The fraction of sp³-hybridized carbons (Fsp3) is 0.733. The van der Waals surface area contributed by atoms with E-state index in [0.29, 0.717) is 19.3 Å². The van der Waals surface area contributed by atoms with Gasteiger partial charge in [0.1, 0.15) is 0 Å². The Bertz CT molecular complexity index is 611. The van der Waals surface area contributed by atoms with Crippen LogP contribution in [0.5, 0.6) is 0 Å². The number of nitriles is 3. The topological polar surface area (TPSA) is 114 Å². The van der Waals surface area contributed by atoms with Crippen LogP contribution in [-0.4, -0.2) is 17.8 Å². The van der Waals surface area contributed by atoms with Crippen LogP contribution in [-0.2, 0) is 9.47 Å². The van der Waals surface area contributed by atoms with Crippen LogP contribution < -0.4 is 0 Å². The average molecular weight is 284 g/mol. The van der Waals surface area contributed by atoms with Gasteiger partial charge in [-0.2, -0.15) is 15.8 Å². The minimum absolute atomic E-state index is 0.274. The number of ether oxygens (including phenoxy) is 2. The van der Waals surface area contributed by atoms with E-state index in [-0.39, 0.29) is 5.90 Å². The molecule has 0 aromatic carbocycles. The van der Waals surface area contributed by atoms with Crippen molar-refractivity contribution in [3.05, 3.63) is 0 Å². The van der Waals surface area contributed by atoms with Crippen LogP contribution in [0.15, 0.2) is 0 Å². The smallest absolute Gasteiger partial charge is 0.217 e. The van der Waals surface area contributed by atoms with Gasteiger partial charge in [0.15, 0.2) is 10.8 Å². The Morgan fingerprint density at radius 3 is 2.52 bits per heavy atom. The summed E-state index contributed by atoms with van der Waals surface area (Å²) in [6, 6.07) is 6.25. The maximum absolute atomic E-state index is 9.80. The van der Waals surface area contributed by atoms with E-state index in [4.69, 9.17) is 14.9 Å². The first-order chi connectivity index (χ1) is 10.1. The first-order valence-corrected chi connectivity index (χ1v) is 7.26. The highest BCUT2D eigenvalue weighted by atomic mass is 16.7. The Labute approximate surface area is 123 Å². The second-order valence-electron chi connectivity index (χ2n) is 6.01. The first-order valence-electron chi connectivity index (χ1n) is 7.26. The minimum Gasteiger partial charge on any atom is -0.447 e. The minimum atomic E-state index is -1.63. The molecular weight excluding hydrogens is 268 g/mol. The Morgan fingerprint density at radius 2 is 1.95 bits per heavy atom. The summed E-state index contributed by atoms with van der Waals surface area (Å²) in [6.45, 7) is 1.84. The maximum Gasteiger partial charge on any atom is 0.217 e. The molecule has 108 valence electrons.